The maximum absolute atomic E-state index is 12.6. The number of nitriles is 1. The van der Waals surface area contributed by atoms with Crippen molar-refractivity contribution in [2.75, 3.05) is 39.8 Å². The highest BCUT2D eigenvalue weighted by Crippen LogP contribution is 2.50. The number of amides is 1. The monoisotopic (exact) mass is 580 g/mol. The number of aryl methyl sites for hydroxylation is 1. The standard InChI is InChI=1S/C32H45ClN6O2/c1-3-29(40)39-16-15-38(20-25(39)10-13-34)30-27-9-12-32(11-8-22-6-7-24(33)17-23(22)18-32)19-28(27)35-31(36-30)41-21-26-5-4-14-37(26)2/h3,6-7,17,25-28,30-31,35-36H,1,4-5,8-12,14-16,18-21H2,2H3. The van der Waals surface area contributed by atoms with Crippen LogP contribution in [-0.4, -0.2) is 91.1 Å². The lowest BCUT2D eigenvalue weighted by molar-refractivity contribution is -0.137. The fourth-order valence-corrected chi connectivity index (χ4v) is 8.64. The molecule has 0 bridgehead atoms. The van der Waals surface area contributed by atoms with E-state index in [1.807, 2.05) is 11.0 Å². The normalized spacial score (nSPS) is 36.0. The Labute approximate surface area is 250 Å². The molecule has 8 nitrogen and oxygen atoms in total. The van der Waals surface area contributed by atoms with Gasteiger partial charge >= 0.3 is 0 Å². The Bertz CT molecular complexity index is 1170. The smallest absolute Gasteiger partial charge is 0.246 e. The predicted octanol–water partition coefficient (Wildman–Crippen LogP) is 3.51. The van der Waals surface area contributed by atoms with Gasteiger partial charge in [0.05, 0.1) is 31.3 Å². The summed E-state index contributed by atoms with van der Waals surface area (Å²) in [5, 5.41) is 18.1. The third-order valence-corrected chi connectivity index (χ3v) is 11.0. The molecule has 9 heteroatoms. The van der Waals surface area contributed by atoms with E-state index >= 15 is 0 Å². The molecular weight excluding hydrogens is 536 g/mol. The van der Waals surface area contributed by atoms with Crippen molar-refractivity contribution in [3.05, 3.63) is 47.0 Å². The molecule has 1 saturated carbocycles. The Balaban J connectivity index is 1.21. The van der Waals surface area contributed by atoms with Gasteiger partial charge in [-0.1, -0.05) is 24.2 Å². The van der Waals surface area contributed by atoms with Crippen LogP contribution in [0.1, 0.15) is 56.1 Å². The van der Waals surface area contributed by atoms with E-state index in [1.165, 1.54) is 42.9 Å². The van der Waals surface area contributed by atoms with Gasteiger partial charge in [0.15, 0.2) is 6.35 Å². The van der Waals surface area contributed by atoms with E-state index in [-0.39, 0.29) is 29.9 Å². The summed E-state index contributed by atoms with van der Waals surface area (Å²) in [4.78, 5) is 19.3. The topological polar surface area (TPSA) is 83.9 Å². The van der Waals surface area contributed by atoms with E-state index in [9.17, 15) is 10.1 Å². The number of likely N-dealkylation sites (tertiary alicyclic amines) is 1. The Hall–Kier alpha value is -1.99. The molecule has 1 aromatic rings. The number of benzene rings is 1. The van der Waals surface area contributed by atoms with E-state index < -0.39 is 0 Å². The number of carbonyl (C=O) groups excluding carboxylic acids is 1. The van der Waals surface area contributed by atoms with E-state index in [0.29, 0.717) is 44.1 Å². The third-order valence-electron chi connectivity index (χ3n) is 10.7. The molecule has 3 saturated heterocycles. The fourth-order valence-electron chi connectivity index (χ4n) is 8.45. The summed E-state index contributed by atoms with van der Waals surface area (Å²) in [5.41, 5.74) is 3.16. The van der Waals surface area contributed by atoms with E-state index in [4.69, 9.17) is 16.3 Å². The first-order chi connectivity index (χ1) is 19.9. The Kier molecular flexibility index (Phi) is 8.74. The number of likely N-dealkylation sites (N-methyl/N-ethyl adjacent to an activating group) is 1. The summed E-state index contributed by atoms with van der Waals surface area (Å²) < 4.78 is 6.57. The highest BCUT2D eigenvalue weighted by atomic mass is 35.5. The number of halogens is 1. The first-order valence-corrected chi connectivity index (χ1v) is 15.9. The fraction of sp³-hybridized carbons (Fsp3) is 0.688. The lowest BCUT2D eigenvalue weighted by Gasteiger charge is -2.56. The Morgan fingerprint density at radius 1 is 1.22 bits per heavy atom. The minimum atomic E-state index is -0.224. The SMILES string of the molecule is C=CC(=O)N1CCN(C2NC(OCC3CCCN3C)NC3CC4(CCc5ccc(Cl)cc5C4)CCC32)CC1CC#N. The van der Waals surface area contributed by atoms with Crippen LogP contribution in [-0.2, 0) is 22.4 Å². The zero-order valence-corrected chi connectivity index (χ0v) is 25.1. The van der Waals surface area contributed by atoms with Gasteiger partial charge in [-0.3, -0.25) is 20.3 Å². The molecule has 0 aromatic heterocycles. The molecule has 7 atom stereocenters. The Morgan fingerprint density at radius 2 is 2.10 bits per heavy atom. The van der Waals surface area contributed by atoms with E-state index in [1.54, 1.807) is 0 Å². The highest BCUT2D eigenvalue weighted by Gasteiger charge is 2.50. The molecule has 2 N–H and O–H groups in total. The van der Waals surface area contributed by atoms with Gasteiger partial charge in [-0.25, -0.2) is 0 Å². The highest BCUT2D eigenvalue weighted by molar-refractivity contribution is 6.30. The average Bonchev–Trinajstić information content (AvgIpc) is 3.39. The number of rotatable bonds is 6. The summed E-state index contributed by atoms with van der Waals surface area (Å²) in [7, 11) is 2.19. The zero-order chi connectivity index (χ0) is 28.6. The summed E-state index contributed by atoms with van der Waals surface area (Å²) in [5.74, 6) is 0.347. The maximum Gasteiger partial charge on any atom is 0.246 e. The van der Waals surface area contributed by atoms with Crippen LogP contribution < -0.4 is 10.6 Å². The summed E-state index contributed by atoms with van der Waals surface area (Å²) in [6.07, 6.45) is 10.9. The van der Waals surface area contributed by atoms with Gasteiger partial charge in [0, 0.05) is 42.7 Å². The average molecular weight is 581 g/mol. The van der Waals surface area contributed by atoms with Crippen molar-refractivity contribution in [3.63, 3.8) is 0 Å². The largest absolute Gasteiger partial charge is 0.348 e. The van der Waals surface area contributed by atoms with Gasteiger partial charge in [0.1, 0.15) is 0 Å². The second kappa shape index (κ2) is 12.3. The minimum Gasteiger partial charge on any atom is -0.348 e. The van der Waals surface area contributed by atoms with E-state index in [2.05, 4.69) is 52.3 Å². The van der Waals surface area contributed by atoms with Gasteiger partial charge in [-0.2, -0.15) is 5.26 Å². The molecule has 6 rings (SSSR count). The van der Waals surface area contributed by atoms with Crippen molar-refractivity contribution in [1.29, 1.82) is 5.26 Å². The van der Waals surface area contributed by atoms with Crippen LogP contribution >= 0.6 is 11.6 Å². The minimum absolute atomic E-state index is 0.0831. The second-order valence-corrected chi connectivity index (χ2v) is 13.6. The van der Waals surface area contributed by atoms with Crippen LogP contribution in [0.4, 0.5) is 0 Å². The maximum atomic E-state index is 12.6. The van der Waals surface area contributed by atoms with Crippen molar-refractivity contribution < 1.29 is 9.53 Å². The van der Waals surface area contributed by atoms with Gasteiger partial charge in [-0.15, -0.1) is 0 Å². The molecule has 0 radical (unpaired) electrons. The molecule has 2 aliphatic carbocycles. The molecule has 3 heterocycles. The van der Waals surface area contributed by atoms with Crippen LogP contribution in [0.25, 0.3) is 0 Å². The summed E-state index contributed by atoms with van der Waals surface area (Å²) in [6.45, 7) is 7.60. The molecular formula is C32H45ClN6O2. The number of hydrogen-bond acceptors (Lipinski definition) is 7. The lowest BCUT2D eigenvalue weighted by atomic mass is 9.59. The predicted molar refractivity (Wildman–Crippen MR) is 160 cm³/mol. The van der Waals surface area contributed by atoms with Gasteiger partial charge in [-0.05, 0) is 99.7 Å². The number of carbonyl (C=O) groups is 1. The van der Waals surface area contributed by atoms with Crippen LogP contribution in [0.2, 0.25) is 5.02 Å². The molecule has 222 valence electrons. The Morgan fingerprint density at radius 3 is 2.88 bits per heavy atom. The van der Waals surface area contributed by atoms with Gasteiger partial charge in [0.25, 0.3) is 0 Å². The van der Waals surface area contributed by atoms with Crippen molar-refractivity contribution in [1.82, 2.24) is 25.3 Å². The van der Waals surface area contributed by atoms with Crippen molar-refractivity contribution in [3.8, 4) is 6.07 Å². The number of ether oxygens (including phenoxy) is 1. The van der Waals surface area contributed by atoms with Crippen LogP contribution in [0.15, 0.2) is 30.9 Å². The number of nitrogens with zero attached hydrogens (tertiary/aromatic N) is 4. The first-order valence-electron chi connectivity index (χ1n) is 15.5. The van der Waals surface area contributed by atoms with E-state index in [0.717, 1.165) is 43.8 Å². The number of fused-ring (bicyclic) bond motifs is 2. The molecule has 3 aliphatic heterocycles. The number of nitrogens with one attached hydrogen (secondary N) is 2. The summed E-state index contributed by atoms with van der Waals surface area (Å²) in [6, 6.07) is 9.41. The van der Waals surface area contributed by atoms with Crippen LogP contribution in [0, 0.1) is 22.7 Å². The molecule has 5 aliphatic rings. The van der Waals surface area contributed by atoms with Crippen LogP contribution in [0.5, 0.6) is 0 Å². The molecule has 1 spiro atoms. The summed E-state index contributed by atoms with van der Waals surface area (Å²) >= 11 is 6.41. The van der Waals surface area contributed by atoms with Gasteiger partial charge < -0.3 is 14.5 Å². The second-order valence-electron chi connectivity index (χ2n) is 13.1. The van der Waals surface area contributed by atoms with Crippen molar-refractivity contribution in [2.45, 2.75) is 88.4 Å². The number of piperazine rings is 1. The quantitative estimate of drug-likeness (QED) is 0.498. The van der Waals surface area contributed by atoms with Gasteiger partial charge in [0.2, 0.25) is 5.91 Å². The molecule has 1 amide bonds. The number of hydrogen-bond donors (Lipinski definition) is 2. The molecule has 1 aromatic carbocycles. The lowest BCUT2D eigenvalue weighted by Crippen LogP contribution is -2.72. The van der Waals surface area contributed by atoms with Crippen LogP contribution in [0.3, 0.4) is 0 Å². The molecule has 41 heavy (non-hydrogen) atoms. The van der Waals surface area contributed by atoms with Crippen molar-refractivity contribution >= 4 is 17.5 Å². The van der Waals surface area contributed by atoms with Crippen molar-refractivity contribution in [2.24, 2.45) is 11.3 Å². The third kappa shape index (κ3) is 6.08. The zero-order valence-electron chi connectivity index (χ0n) is 24.4. The first kappa shape index (κ1) is 29.1. The molecule has 7 unspecified atom stereocenters. The molecule has 4 fully saturated rings.